The van der Waals surface area contributed by atoms with E-state index in [-0.39, 0.29) is 23.7 Å². The van der Waals surface area contributed by atoms with Crippen molar-refractivity contribution in [1.82, 2.24) is 20.3 Å². The molecule has 0 atom stereocenters. The van der Waals surface area contributed by atoms with E-state index in [1.54, 1.807) is 0 Å². The molecule has 0 saturated heterocycles. The summed E-state index contributed by atoms with van der Waals surface area (Å²) in [4.78, 5) is 23.4. The third-order valence-corrected chi connectivity index (χ3v) is 2.41. The number of methoxy groups -OCH3 is 1. The lowest BCUT2D eigenvalue weighted by Gasteiger charge is -2.20. The van der Waals surface area contributed by atoms with Crippen molar-refractivity contribution in [2.75, 3.05) is 13.7 Å². The molecular weight excluding hydrogens is 262 g/mol. The van der Waals surface area contributed by atoms with E-state index < -0.39 is 5.97 Å². The van der Waals surface area contributed by atoms with Crippen molar-refractivity contribution in [3.05, 3.63) is 11.4 Å². The van der Waals surface area contributed by atoms with Gasteiger partial charge in [0.1, 0.15) is 6.54 Å². The fourth-order valence-electron chi connectivity index (χ4n) is 1.69. The van der Waals surface area contributed by atoms with Gasteiger partial charge < -0.3 is 15.8 Å². The van der Waals surface area contributed by atoms with Crippen LogP contribution in [-0.4, -0.2) is 46.1 Å². The monoisotopic (exact) mass is 283 g/mol. The molecule has 0 bridgehead atoms. The topological polar surface area (TPSA) is 112 Å². The zero-order valence-corrected chi connectivity index (χ0v) is 12.3. The molecule has 0 aliphatic heterocycles. The first kappa shape index (κ1) is 16.1. The smallest absolute Gasteiger partial charge is 0.360 e. The highest BCUT2D eigenvalue weighted by Gasteiger charge is 2.22. The Labute approximate surface area is 117 Å². The molecule has 20 heavy (non-hydrogen) atoms. The van der Waals surface area contributed by atoms with Crippen LogP contribution in [0.3, 0.4) is 0 Å². The largest absolute Gasteiger partial charge is 0.464 e. The summed E-state index contributed by atoms with van der Waals surface area (Å²) in [7, 11) is 1.26. The Hall–Kier alpha value is -1.96. The highest BCUT2D eigenvalue weighted by Crippen LogP contribution is 2.08. The van der Waals surface area contributed by atoms with Crippen molar-refractivity contribution < 1.29 is 14.3 Å². The zero-order chi connectivity index (χ0) is 15.3. The van der Waals surface area contributed by atoms with E-state index in [0.29, 0.717) is 18.7 Å². The van der Waals surface area contributed by atoms with E-state index in [1.807, 2.05) is 20.8 Å². The van der Waals surface area contributed by atoms with Crippen LogP contribution in [-0.2, 0) is 22.5 Å². The van der Waals surface area contributed by atoms with Crippen LogP contribution in [0, 0.1) is 0 Å². The summed E-state index contributed by atoms with van der Waals surface area (Å²) in [5, 5.41) is 10.4. The summed E-state index contributed by atoms with van der Waals surface area (Å²) in [6.45, 7) is 5.95. The minimum Gasteiger partial charge on any atom is -0.464 e. The first-order valence-corrected chi connectivity index (χ1v) is 6.30. The Morgan fingerprint density at radius 1 is 1.40 bits per heavy atom. The average Bonchev–Trinajstić information content (AvgIpc) is 2.69. The van der Waals surface area contributed by atoms with Crippen LogP contribution in [0.15, 0.2) is 0 Å². The van der Waals surface area contributed by atoms with Gasteiger partial charge in [-0.15, -0.1) is 5.10 Å². The summed E-state index contributed by atoms with van der Waals surface area (Å²) in [5.41, 5.74) is 5.78. The summed E-state index contributed by atoms with van der Waals surface area (Å²) < 4.78 is 6.00. The number of aromatic nitrogens is 3. The summed E-state index contributed by atoms with van der Waals surface area (Å²) in [5.74, 6) is -0.798. The number of nitrogens with zero attached hydrogens (tertiary/aromatic N) is 3. The maximum atomic E-state index is 11.9. The van der Waals surface area contributed by atoms with Gasteiger partial charge in [-0.3, -0.25) is 4.79 Å². The first-order valence-electron chi connectivity index (χ1n) is 6.30. The van der Waals surface area contributed by atoms with E-state index in [9.17, 15) is 9.59 Å². The van der Waals surface area contributed by atoms with Crippen LogP contribution in [0.25, 0.3) is 0 Å². The van der Waals surface area contributed by atoms with Gasteiger partial charge in [0.2, 0.25) is 5.91 Å². The number of esters is 1. The van der Waals surface area contributed by atoms with E-state index in [4.69, 9.17) is 5.73 Å². The SMILES string of the molecule is COC(=O)c1nnn(CC(=O)NC(C)(C)C)c1CCN. The molecule has 0 fully saturated rings. The normalized spacial score (nSPS) is 11.2. The van der Waals surface area contributed by atoms with E-state index in [1.165, 1.54) is 11.8 Å². The minimum absolute atomic E-state index is 0.0173. The van der Waals surface area contributed by atoms with Gasteiger partial charge in [-0.1, -0.05) is 5.21 Å². The van der Waals surface area contributed by atoms with Crippen molar-refractivity contribution in [2.45, 2.75) is 39.3 Å². The van der Waals surface area contributed by atoms with Crippen molar-refractivity contribution in [2.24, 2.45) is 5.73 Å². The van der Waals surface area contributed by atoms with E-state index in [0.717, 1.165) is 0 Å². The van der Waals surface area contributed by atoms with Gasteiger partial charge in [-0.2, -0.15) is 0 Å². The van der Waals surface area contributed by atoms with Crippen molar-refractivity contribution in [3.63, 3.8) is 0 Å². The van der Waals surface area contributed by atoms with Gasteiger partial charge in [0, 0.05) is 12.0 Å². The second-order valence-corrected chi connectivity index (χ2v) is 5.37. The predicted molar refractivity (Wildman–Crippen MR) is 72.0 cm³/mol. The standard InChI is InChI=1S/C12H21N5O3/c1-12(2,3)14-9(18)7-17-8(5-6-13)10(15-16-17)11(19)20-4/h5-7,13H2,1-4H3,(H,14,18). The predicted octanol–water partition coefficient (Wildman–Crippen LogP) is -0.519. The Morgan fingerprint density at radius 3 is 2.55 bits per heavy atom. The molecule has 8 nitrogen and oxygen atoms in total. The number of rotatable bonds is 5. The summed E-state index contributed by atoms with van der Waals surface area (Å²) in [6, 6.07) is 0. The van der Waals surface area contributed by atoms with Gasteiger partial charge in [0.25, 0.3) is 0 Å². The summed E-state index contributed by atoms with van der Waals surface area (Å²) in [6.07, 6.45) is 0.389. The quantitative estimate of drug-likeness (QED) is 0.703. The Kier molecular flexibility index (Phi) is 5.20. The highest BCUT2D eigenvalue weighted by atomic mass is 16.5. The number of carbonyl (C=O) groups is 2. The van der Waals surface area contributed by atoms with Crippen LogP contribution >= 0.6 is 0 Å². The number of nitrogens with two attached hydrogens (primary N) is 1. The second kappa shape index (κ2) is 6.47. The molecule has 0 unspecified atom stereocenters. The molecule has 1 aromatic rings. The molecule has 1 amide bonds. The first-order chi connectivity index (χ1) is 9.28. The van der Waals surface area contributed by atoms with Crippen LogP contribution < -0.4 is 11.1 Å². The molecule has 1 aromatic heterocycles. The summed E-state index contributed by atoms with van der Waals surface area (Å²) >= 11 is 0. The molecule has 3 N–H and O–H groups in total. The molecule has 0 aliphatic carbocycles. The van der Waals surface area contributed by atoms with Gasteiger partial charge in [-0.05, 0) is 27.3 Å². The molecule has 0 aliphatic rings. The minimum atomic E-state index is -0.587. The van der Waals surface area contributed by atoms with Crippen LogP contribution in [0.4, 0.5) is 0 Å². The zero-order valence-electron chi connectivity index (χ0n) is 12.3. The molecule has 1 rings (SSSR count). The lowest BCUT2D eigenvalue weighted by Crippen LogP contribution is -2.42. The molecule has 0 radical (unpaired) electrons. The third-order valence-electron chi connectivity index (χ3n) is 2.41. The van der Waals surface area contributed by atoms with Gasteiger partial charge in [0.05, 0.1) is 12.8 Å². The highest BCUT2D eigenvalue weighted by molar-refractivity contribution is 5.88. The second-order valence-electron chi connectivity index (χ2n) is 5.37. The fourth-order valence-corrected chi connectivity index (χ4v) is 1.69. The molecule has 0 aromatic carbocycles. The maximum absolute atomic E-state index is 11.9. The molecule has 112 valence electrons. The van der Waals surface area contributed by atoms with Gasteiger partial charge in [0.15, 0.2) is 5.69 Å². The fraction of sp³-hybridized carbons (Fsp3) is 0.667. The van der Waals surface area contributed by atoms with Gasteiger partial charge in [-0.25, -0.2) is 9.48 Å². The van der Waals surface area contributed by atoms with Crippen molar-refractivity contribution >= 4 is 11.9 Å². The number of ether oxygens (including phenoxy) is 1. The Bertz CT molecular complexity index is 490. The number of carbonyl (C=O) groups excluding carboxylic acids is 2. The van der Waals surface area contributed by atoms with Crippen molar-refractivity contribution in [3.8, 4) is 0 Å². The molecule has 0 saturated carbocycles. The van der Waals surface area contributed by atoms with E-state index >= 15 is 0 Å². The maximum Gasteiger partial charge on any atom is 0.360 e. The molecular formula is C12H21N5O3. The molecule has 0 spiro atoms. The number of hydrogen-bond acceptors (Lipinski definition) is 6. The van der Waals surface area contributed by atoms with Crippen LogP contribution in [0.5, 0.6) is 0 Å². The molecule has 1 heterocycles. The van der Waals surface area contributed by atoms with Crippen molar-refractivity contribution in [1.29, 1.82) is 0 Å². The average molecular weight is 283 g/mol. The number of nitrogens with one attached hydrogen (secondary N) is 1. The lowest BCUT2D eigenvalue weighted by atomic mass is 10.1. The van der Waals surface area contributed by atoms with Gasteiger partial charge >= 0.3 is 5.97 Å². The third kappa shape index (κ3) is 4.30. The molecule has 8 heteroatoms. The number of amides is 1. The van der Waals surface area contributed by atoms with E-state index in [2.05, 4.69) is 20.4 Å². The van der Waals surface area contributed by atoms with Crippen LogP contribution in [0.2, 0.25) is 0 Å². The Balaban J connectivity index is 2.92. The Morgan fingerprint density at radius 2 is 2.05 bits per heavy atom. The lowest BCUT2D eigenvalue weighted by molar-refractivity contribution is -0.123. The number of hydrogen-bond donors (Lipinski definition) is 2. The van der Waals surface area contributed by atoms with Crippen LogP contribution in [0.1, 0.15) is 37.0 Å².